The number of ether oxygens (including phenoxy) is 1. The molecule has 1 aliphatic carbocycles. The van der Waals surface area contributed by atoms with Gasteiger partial charge in [-0.2, -0.15) is 0 Å². The van der Waals surface area contributed by atoms with Crippen molar-refractivity contribution in [3.63, 3.8) is 0 Å². The summed E-state index contributed by atoms with van der Waals surface area (Å²) in [5.74, 6) is -0.140. The van der Waals surface area contributed by atoms with E-state index < -0.39 is 0 Å². The van der Waals surface area contributed by atoms with Crippen LogP contribution in [0, 0.1) is 5.82 Å². The highest BCUT2D eigenvalue weighted by Crippen LogP contribution is 2.26. The van der Waals surface area contributed by atoms with Gasteiger partial charge < -0.3 is 15.0 Å². The minimum Gasteiger partial charge on any atom is -0.380 e. The minimum absolute atomic E-state index is 0.140. The van der Waals surface area contributed by atoms with Crippen molar-refractivity contribution < 1.29 is 9.13 Å². The molecule has 1 aromatic carbocycles. The van der Waals surface area contributed by atoms with Crippen LogP contribution in [0.1, 0.15) is 32.3 Å². The molecule has 0 bridgehead atoms. The van der Waals surface area contributed by atoms with Crippen molar-refractivity contribution in [1.82, 2.24) is 5.32 Å². The van der Waals surface area contributed by atoms with Crippen LogP contribution < -0.4 is 10.2 Å². The Morgan fingerprint density at radius 2 is 2.15 bits per heavy atom. The van der Waals surface area contributed by atoms with Crippen LogP contribution in [-0.4, -0.2) is 32.3 Å². The second-order valence-corrected chi connectivity index (χ2v) is 5.18. The number of nitrogens with zero attached hydrogens (tertiary/aromatic N) is 1. The van der Waals surface area contributed by atoms with Gasteiger partial charge in [0.2, 0.25) is 0 Å². The lowest BCUT2D eigenvalue weighted by molar-refractivity contribution is 0.154. The highest BCUT2D eigenvalue weighted by Gasteiger charge is 2.21. The van der Waals surface area contributed by atoms with E-state index in [9.17, 15) is 4.39 Å². The molecule has 0 amide bonds. The van der Waals surface area contributed by atoms with E-state index in [4.69, 9.17) is 4.74 Å². The summed E-state index contributed by atoms with van der Waals surface area (Å²) in [6.07, 6.45) is 2.49. The Kier molecular flexibility index (Phi) is 5.80. The summed E-state index contributed by atoms with van der Waals surface area (Å²) in [5.41, 5.74) is 1.76. The average Bonchev–Trinajstić information content (AvgIpc) is 3.27. The van der Waals surface area contributed by atoms with E-state index in [1.165, 1.54) is 12.8 Å². The quantitative estimate of drug-likeness (QED) is 0.704. The summed E-state index contributed by atoms with van der Waals surface area (Å²) in [5, 5.41) is 3.46. The zero-order valence-electron chi connectivity index (χ0n) is 12.5. The molecule has 1 aromatic rings. The van der Waals surface area contributed by atoms with Gasteiger partial charge in [-0.3, -0.25) is 0 Å². The predicted molar refractivity (Wildman–Crippen MR) is 80.6 cm³/mol. The number of halogens is 1. The maximum absolute atomic E-state index is 14.2. The Bertz CT molecular complexity index is 421. The van der Waals surface area contributed by atoms with Crippen LogP contribution in [-0.2, 0) is 11.3 Å². The standard InChI is InChI=1S/C16H25FN2O/c1-3-19(10-11-20-4-2)16-13(6-5-7-15(16)17)12-18-14-8-9-14/h5-7,14,18H,3-4,8-12H2,1-2H3. The molecule has 0 heterocycles. The average molecular weight is 280 g/mol. The molecule has 0 saturated heterocycles. The summed E-state index contributed by atoms with van der Waals surface area (Å²) in [7, 11) is 0. The molecule has 2 rings (SSSR count). The van der Waals surface area contributed by atoms with Crippen molar-refractivity contribution in [2.24, 2.45) is 0 Å². The number of benzene rings is 1. The highest BCUT2D eigenvalue weighted by atomic mass is 19.1. The smallest absolute Gasteiger partial charge is 0.146 e. The number of anilines is 1. The van der Waals surface area contributed by atoms with E-state index in [1.807, 2.05) is 13.0 Å². The normalized spacial score (nSPS) is 14.6. The van der Waals surface area contributed by atoms with Crippen LogP contribution in [0.3, 0.4) is 0 Å². The molecular formula is C16H25FN2O. The van der Waals surface area contributed by atoms with Crippen molar-refractivity contribution in [2.45, 2.75) is 39.3 Å². The number of hydrogen-bond acceptors (Lipinski definition) is 3. The van der Waals surface area contributed by atoms with Gasteiger partial charge in [-0.05, 0) is 38.3 Å². The van der Waals surface area contributed by atoms with E-state index >= 15 is 0 Å². The predicted octanol–water partition coefficient (Wildman–Crippen LogP) is 2.94. The first-order valence-electron chi connectivity index (χ1n) is 7.59. The Morgan fingerprint density at radius 1 is 1.35 bits per heavy atom. The van der Waals surface area contributed by atoms with Gasteiger partial charge in [-0.15, -0.1) is 0 Å². The molecule has 3 nitrogen and oxygen atoms in total. The fraction of sp³-hybridized carbons (Fsp3) is 0.625. The molecule has 1 saturated carbocycles. The van der Waals surface area contributed by atoms with Crippen molar-refractivity contribution in [2.75, 3.05) is 31.2 Å². The number of para-hydroxylation sites is 1. The third kappa shape index (κ3) is 4.18. The second-order valence-electron chi connectivity index (χ2n) is 5.18. The van der Waals surface area contributed by atoms with Gasteiger partial charge in [-0.1, -0.05) is 12.1 Å². The zero-order valence-corrected chi connectivity index (χ0v) is 12.5. The molecule has 1 N–H and O–H groups in total. The van der Waals surface area contributed by atoms with Crippen LogP contribution in [0.2, 0.25) is 0 Å². The first-order valence-corrected chi connectivity index (χ1v) is 7.59. The van der Waals surface area contributed by atoms with Crippen LogP contribution >= 0.6 is 0 Å². The van der Waals surface area contributed by atoms with E-state index in [2.05, 4.69) is 17.1 Å². The van der Waals surface area contributed by atoms with Gasteiger partial charge >= 0.3 is 0 Å². The van der Waals surface area contributed by atoms with Crippen LogP contribution in [0.25, 0.3) is 0 Å². The molecule has 0 spiro atoms. The SMILES string of the molecule is CCOCCN(CC)c1c(F)cccc1CNC1CC1. The molecule has 0 aliphatic heterocycles. The Morgan fingerprint density at radius 3 is 2.80 bits per heavy atom. The topological polar surface area (TPSA) is 24.5 Å². The lowest BCUT2D eigenvalue weighted by atomic mass is 10.1. The fourth-order valence-electron chi connectivity index (χ4n) is 2.35. The van der Waals surface area contributed by atoms with Crippen molar-refractivity contribution >= 4 is 5.69 Å². The van der Waals surface area contributed by atoms with Gasteiger partial charge in [-0.25, -0.2) is 4.39 Å². The Hall–Kier alpha value is -1.13. The van der Waals surface area contributed by atoms with E-state index in [0.717, 1.165) is 30.9 Å². The van der Waals surface area contributed by atoms with E-state index in [0.29, 0.717) is 19.3 Å². The monoisotopic (exact) mass is 280 g/mol. The van der Waals surface area contributed by atoms with Crippen molar-refractivity contribution in [3.8, 4) is 0 Å². The maximum Gasteiger partial charge on any atom is 0.146 e. The van der Waals surface area contributed by atoms with Gasteiger partial charge in [0.25, 0.3) is 0 Å². The Labute approximate surface area is 121 Å². The second kappa shape index (κ2) is 7.60. The molecule has 4 heteroatoms. The molecule has 1 fully saturated rings. The highest BCUT2D eigenvalue weighted by molar-refractivity contribution is 5.55. The number of likely N-dealkylation sites (N-methyl/N-ethyl adjacent to an activating group) is 1. The van der Waals surface area contributed by atoms with E-state index in [-0.39, 0.29) is 5.82 Å². The van der Waals surface area contributed by atoms with Crippen LogP contribution in [0.5, 0.6) is 0 Å². The zero-order chi connectivity index (χ0) is 14.4. The molecule has 0 unspecified atom stereocenters. The number of rotatable bonds is 9. The molecule has 1 aliphatic rings. The molecule has 0 atom stereocenters. The minimum atomic E-state index is -0.140. The van der Waals surface area contributed by atoms with Gasteiger partial charge in [0.05, 0.1) is 12.3 Å². The number of hydrogen-bond donors (Lipinski definition) is 1. The first kappa shape index (κ1) is 15.3. The first-order chi connectivity index (χ1) is 9.76. The van der Waals surface area contributed by atoms with Gasteiger partial charge in [0, 0.05) is 32.3 Å². The number of nitrogens with one attached hydrogen (secondary N) is 1. The third-order valence-corrected chi connectivity index (χ3v) is 3.64. The molecular weight excluding hydrogens is 255 g/mol. The van der Waals surface area contributed by atoms with Crippen LogP contribution in [0.15, 0.2) is 18.2 Å². The Balaban J connectivity index is 2.08. The van der Waals surface area contributed by atoms with Gasteiger partial charge in [0.1, 0.15) is 5.82 Å². The molecule has 112 valence electrons. The third-order valence-electron chi connectivity index (χ3n) is 3.64. The summed E-state index contributed by atoms with van der Waals surface area (Å²) in [6, 6.07) is 5.97. The summed E-state index contributed by atoms with van der Waals surface area (Å²) in [4.78, 5) is 2.06. The molecule has 0 aromatic heterocycles. The fourth-order valence-corrected chi connectivity index (χ4v) is 2.35. The summed E-state index contributed by atoms with van der Waals surface area (Å²) < 4.78 is 19.6. The summed E-state index contributed by atoms with van der Waals surface area (Å²) >= 11 is 0. The lowest BCUT2D eigenvalue weighted by Crippen LogP contribution is -2.30. The molecule has 0 radical (unpaired) electrons. The van der Waals surface area contributed by atoms with Crippen molar-refractivity contribution in [1.29, 1.82) is 0 Å². The largest absolute Gasteiger partial charge is 0.380 e. The van der Waals surface area contributed by atoms with Crippen LogP contribution in [0.4, 0.5) is 10.1 Å². The maximum atomic E-state index is 14.2. The van der Waals surface area contributed by atoms with Crippen molar-refractivity contribution in [3.05, 3.63) is 29.6 Å². The van der Waals surface area contributed by atoms with E-state index in [1.54, 1.807) is 12.1 Å². The lowest BCUT2D eigenvalue weighted by Gasteiger charge is -2.26. The summed E-state index contributed by atoms with van der Waals surface area (Å²) in [6.45, 7) is 7.61. The molecule has 20 heavy (non-hydrogen) atoms. The van der Waals surface area contributed by atoms with Gasteiger partial charge in [0.15, 0.2) is 0 Å².